The van der Waals surface area contributed by atoms with E-state index in [0.29, 0.717) is 26.1 Å². The van der Waals surface area contributed by atoms with Crippen molar-refractivity contribution < 1.29 is 23.5 Å². The van der Waals surface area contributed by atoms with E-state index in [-0.39, 0.29) is 25.2 Å². The molecule has 2 saturated heterocycles. The van der Waals surface area contributed by atoms with E-state index in [2.05, 4.69) is 9.97 Å². The molecular formula is C15H18FN5O4. The zero-order valence-corrected chi connectivity index (χ0v) is 13.7. The molecule has 0 spiro atoms. The van der Waals surface area contributed by atoms with E-state index in [1.165, 1.54) is 9.80 Å². The Labute approximate surface area is 143 Å². The van der Waals surface area contributed by atoms with E-state index in [9.17, 15) is 18.8 Å². The number of aromatic nitrogens is 2. The quantitative estimate of drug-likeness (QED) is 0.705. The van der Waals surface area contributed by atoms with Crippen LogP contribution >= 0.6 is 0 Å². The highest BCUT2D eigenvalue weighted by Gasteiger charge is 2.39. The first-order valence-corrected chi connectivity index (χ1v) is 8.03. The predicted molar refractivity (Wildman–Crippen MR) is 82.0 cm³/mol. The molecule has 134 valence electrons. The number of urea groups is 1. The Morgan fingerprint density at radius 1 is 1.24 bits per heavy atom. The molecule has 9 nitrogen and oxygen atoms in total. The number of ether oxygens (including phenoxy) is 1. The van der Waals surface area contributed by atoms with Crippen LogP contribution in [0.4, 0.5) is 9.18 Å². The van der Waals surface area contributed by atoms with Gasteiger partial charge in [-0.1, -0.05) is 0 Å². The molecule has 0 N–H and O–H groups in total. The molecule has 25 heavy (non-hydrogen) atoms. The molecule has 10 heteroatoms. The zero-order chi connectivity index (χ0) is 18.0. The summed E-state index contributed by atoms with van der Waals surface area (Å²) in [7, 11) is 0. The second kappa shape index (κ2) is 6.99. The first kappa shape index (κ1) is 17.1. The number of carbonyl (C=O) groups is 3. The summed E-state index contributed by atoms with van der Waals surface area (Å²) in [4.78, 5) is 47.8. The van der Waals surface area contributed by atoms with Crippen molar-refractivity contribution in [3.05, 3.63) is 18.2 Å². The number of carbonyl (C=O) groups excluding carboxylic acids is 3. The number of halogens is 1. The maximum Gasteiger partial charge on any atom is 0.327 e. The minimum atomic E-state index is -0.802. The number of nitrogens with zero attached hydrogens (tertiary/aromatic N) is 5. The molecule has 4 amide bonds. The third-order valence-electron chi connectivity index (χ3n) is 4.21. The van der Waals surface area contributed by atoms with Gasteiger partial charge < -0.3 is 14.5 Å². The summed E-state index contributed by atoms with van der Waals surface area (Å²) < 4.78 is 18.3. The number of likely N-dealkylation sites (N-methyl/N-ethyl adjacent to an activating group) is 1. The van der Waals surface area contributed by atoms with E-state index in [0.717, 1.165) is 17.3 Å². The maximum atomic E-state index is 12.8. The van der Waals surface area contributed by atoms with Crippen molar-refractivity contribution in [2.75, 3.05) is 32.7 Å². The van der Waals surface area contributed by atoms with Gasteiger partial charge in [0, 0.05) is 32.6 Å². The number of amides is 4. The van der Waals surface area contributed by atoms with Crippen LogP contribution in [0.25, 0.3) is 0 Å². The summed E-state index contributed by atoms with van der Waals surface area (Å²) in [6, 6.07) is -0.469. The molecule has 0 unspecified atom stereocenters. The summed E-state index contributed by atoms with van der Waals surface area (Å²) in [6.45, 7) is 3.37. The highest BCUT2D eigenvalue weighted by atomic mass is 19.1. The molecule has 3 rings (SSSR count). The molecule has 1 aromatic rings. The van der Waals surface area contributed by atoms with Gasteiger partial charge in [-0.05, 0) is 6.92 Å². The van der Waals surface area contributed by atoms with Crippen molar-refractivity contribution in [2.24, 2.45) is 0 Å². The van der Waals surface area contributed by atoms with Crippen LogP contribution in [-0.2, 0) is 9.59 Å². The first-order chi connectivity index (χ1) is 12.0. The molecule has 1 aromatic heterocycles. The van der Waals surface area contributed by atoms with E-state index in [4.69, 9.17) is 4.74 Å². The molecule has 0 aromatic carbocycles. The largest absolute Gasteiger partial charge is 0.458 e. The SMILES string of the molecule is CCN1CCN(C(=O)N2CC[C@@H](Oc3ncc(F)cn3)C2)C(=O)C1=O. The molecular weight excluding hydrogens is 333 g/mol. The summed E-state index contributed by atoms with van der Waals surface area (Å²) in [5.41, 5.74) is 0. The summed E-state index contributed by atoms with van der Waals surface area (Å²) in [5, 5.41) is 0. The Morgan fingerprint density at radius 2 is 1.96 bits per heavy atom. The van der Waals surface area contributed by atoms with Crippen molar-refractivity contribution in [1.29, 1.82) is 0 Å². The number of hydrogen-bond donors (Lipinski definition) is 0. The molecule has 1 atom stereocenters. The van der Waals surface area contributed by atoms with Gasteiger partial charge in [0.1, 0.15) is 6.10 Å². The molecule has 2 aliphatic rings. The van der Waals surface area contributed by atoms with Crippen molar-refractivity contribution in [1.82, 2.24) is 24.7 Å². The van der Waals surface area contributed by atoms with Crippen LogP contribution in [0.15, 0.2) is 12.4 Å². The number of rotatable bonds is 3. The topological polar surface area (TPSA) is 95.9 Å². The van der Waals surface area contributed by atoms with Gasteiger partial charge in [-0.25, -0.2) is 19.2 Å². The number of likely N-dealkylation sites (tertiary alicyclic amines) is 1. The molecule has 3 heterocycles. The molecule has 0 radical (unpaired) electrons. The van der Waals surface area contributed by atoms with Crippen molar-refractivity contribution >= 4 is 17.8 Å². The second-order valence-electron chi connectivity index (χ2n) is 5.78. The Kier molecular flexibility index (Phi) is 4.77. The third-order valence-corrected chi connectivity index (χ3v) is 4.21. The predicted octanol–water partition coefficient (Wildman–Crippen LogP) is -0.120. The fourth-order valence-corrected chi connectivity index (χ4v) is 2.84. The Balaban J connectivity index is 1.58. The molecule has 0 saturated carbocycles. The Morgan fingerprint density at radius 3 is 2.64 bits per heavy atom. The fraction of sp³-hybridized carbons (Fsp3) is 0.533. The number of imide groups is 1. The summed E-state index contributed by atoms with van der Waals surface area (Å²) >= 11 is 0. The number of hydrogen-bond acceptors (Lipinski definition) is 6. The first-order valence-electron chi connectivity index (χ1n) is 8.03. The minimum absolute atomic E-state index is 0.0310. The van der Waals surface area contributed by atoms with E-state index >= 15 is 0 Å². The average Bonchev–Trinajstić information content (AvgIpc) is 3.07. The van der Waals surface area contributed by atoms with Crippen LogP contribution < -0.4 is 4.74 Å². The molecule has 0 aliphatic carbocycles. The smallest absolute Gasteiger partial charge is 0.327 e. The van der Waals surface area contributed by atoms with Crippen LogP contribution in [0.5, 0.6) is 6.01 Å². The van der Waals surface area contributed by atoms with Crippen molar-refractivity contribution in [2.45, 2.75) is 19.4 Å². The van der Waals surface area contributed by atoms with Crippen molar-refractivity contribution in [3.63, 3.8) is 0 Å². The van der Waals surface area contributed by atoms with Gasteiger partial charge in [0.2, 0.25) is 0 Å². The minimum Gasteiger partial charge on any atom is -0.458 e. The van der Waals surface area contributed by atoms with Gasteiger partial charge in [-0.3, -0.25) is 14.5 Å². The Bertz CT molecular complexity index is 683. The Hall–Kier alpha value is -2.78. The van der Waals surface area contributed by atoms with Gasteiger partial charge >= 0.3 is 23.9 Å². The lowest BCUT2D eigenvalue weighted by atomic mass is 10.3. The normalized spacial score (nSPS) is 21.0. The van der Waals surface area contributed by atoms with Crippen LogP contribution in [-0.4, -0.2) is 81.3 Å². The van der Waals surface area contributed by atoms with Gasteiger partial charge in [-0.15, -0.1) is 0 Å². The van der Waals surface area contributed by atoms with E-state index in [1.807, 2.05) is 0 Å². The zero-order valence-electron chi connectivity index (χ0n) is 13.7. The standard InChI is InChI=1S/C15H18FN5O4/c1-2-19-5-6-21(13(23)12(19)22)15(24)20-4-3-11(9-20)25-14-17-7-10(16)8-18-14/h7-8,11H,2-6,9H2,1H3/t11-/m1/s1. The molecule has 0 bridgehead atoms. The summed E-state index contributed by atoms with van der Waals surface area (Å²) in [6.07, 6.45) is 2.18. The van der Waals surface area contributed by atoms with Crippen LogP contribution in [0.2, 0.25) is 0 Å². The third kappa shape index (κ3) is 3.52. The monoisotopic (exact) mass is 351 g/mol. The van der Waals surface area contributed by atoms with E-state index in [1.54, 1.807) is 6.92 Å². The lowest BCUT2D eigenvalue weighted by Crippen LogP contribution is -2.58. The lowest BCUT2D eigenvalue weighted by Gasteiger charge is -2.33. The fourth-order valence-electron chi connectivity index (χ4n) is 2.84. The molecule has 2 aliphatic heterocycles. The number of piperazine rings is 1. The van der Waals surface area contributed by atoms with Crippen LogP contribution in [0.3, 0.4) is 0 Å². The van der Waals surface area contributed by atoms with Gasteiger partial charge in [0.25, 0.3) is 0 Å². The lowest BCUT2D eigenvalue weighted by molar-refractivity contribution is -0.153. The van der Waals surface area contributed by atoms with Gasteiger partial charge in [-0.2, -0.15) is 0 Å². The van der Waals surface area contributed by atoms with Gasteiger partial charge in [0.05, 0.1) is 18.9 Å². The maximum absolute atomic E-state index is 12.8. The van der Waals surface area contributed by atoms with Gasteiger partial charge in [0.15, 0.2) is 5.82 Å². The van der Waals surface area contributed by atoms with Crippen LogP contribution in [0.1, 0.15) is 13.3 Å². The van der Waals surface area contributed by atoms with Crippen molar-refractivity contribution in [3.8, 4) is 6.01 Å². The van der Waals surface area contributed by atoms with E-state index < -0.39 is 23.7 Å². The highest BCUT2D eigenvalue weighted by Crippen LogP contribution is 2.18. The van der Waals surface area contributed by atoms with Crippen LogP contribution in [0, 0.1) is 5.82 Å². The summed E-state index contributed by atoms with van der Waals surface area (Å²) in [5.74, 6) is -2.02. The highest BCUT2D eigenvalue weighted by molar-refractivity contribution is 6.38. The molecule has 2 fully saturated rings. The second-order valence-corrected chi connectivity index (χ2v) is 5.78. The average molecular weight is 351 g/mol.